The van der Waals surface area contributed by atoms with Gasteiger partial charge in [0.25, 0.3) is 0 Å². The Morgan fingerprint density at radius 2 is 2.00 bits per heavy atom. The monoisotopic (exact) mass is 532 g/mol. The number of hydrogen-bond acceptors (Lipinski definition) is 9. The lowest BCUT2D eigenvalue weighted by molar-refractivity contribution is -0.0514. The molecule has 11 heteroatoms. The maximum Gasteiger partial charge on any atom is 0.167 e. The fourth-order valence-corrected chi connectivity index (χ4v) is 6.43. The van der Waals surface area contributed by atoms with Gasteiger partial charge in [-0.15, -0.1) is 0 Å². The van der Waals surface area contributed by atoms with Crippen molar-refractivity contribution in [3.63, 3.8) is 0 Å². The van der Waals surface area contributed by atoms with Gasteiger partial charge in [0.05, 0.1) is 17.4 Å². The van der Waals surface area contributed by atoms with Gasteiger partial charge in [0.2, 0.25) is 0 Å². The van der Waals surface area contributed by atoms with Crippen LogP contribution in [0.1, 0.15) is 62.1 Å². The van der Waals surface area contributed by atoms with Crippen LogP contribution in [0.2, 0.25) is 0 Å². The van der Waals surface area contributed by atoms with Crippen LogP contribution >= 0.6 is 0 Å². The Morgan fingerprint density at radius 3 is 2.79 bits per heavy atom. The number of nitrogens with two attached hydrogens (primary N) is 1. The first-order chi connectivity index (χ1) is 18.9. The highest BCUT2D eigenvalue weighted by molar-refractivity contribution is 5.81. The van der Waals surface area contributed by atoms with E-state index in [9.17, 15) is 10.2 Å². The average molecular weight is 533 g/mol. The minimum atomic E-state index is -1.10. The smallest absolute Gasteiger partial charge is 0.167 e. The second-order valence-electron chi connectivity index (χ2n) is 11.7. The zero-order valence-corrected chi connectivity index (χ0v) is 22.1. The molecule has 3 aromatic heterocycles. The highest BCUT2D eigenvalue weighted by atomic mass is 16.6. The van der Waals surface area contributed by atoms with Gasteiger partial charge in [-0.2, -0.15) is 0 Å². The van der Waals surface area contributed by atoms with Crippen LogP contribution in [-0.4, -0.2) is 82.5 Å². The van der Waals surface area contributed by atoms with Gasteiger partial charge in [-0.05, 0) is 68.7 Å². The van der Waals surface area contributed by atoms with Crippen LogP contribution in [0.3, 0.4) is 0 Å². The highest BCUT2D eigenvalue weighted by Crippen LogP contribution is 2.38. The third kappa shape index (κ3) is 4.47. The second kappa shape index (κ2) is 9.81. The van der Waals surface area contributed by atoms with E-state index in [4.69, 9.17) is 15.5 Å². The van der Waals surface area contributed by atoms with Crippen molar-refractivity contribution >= 4 is 28.0 Å². The largest absolute Gasteiger partial charge is 0.387 e. The molecular weight excluding hydrogens is 496 g/mol. The van der Waals surface area contributed by atoms with Crippen molar-refractivity contribution in [3.8, 4) is 0 Å². The normalized spacial score (nSPS) is 29.3. The van der Waals surface area contributed by atoms with E-state index in [1.807, 2.05) is 0 Å². The minimum Gasteiger partial charge on any atom is -0.387 e. The highest BCUT2D eigenvalue weighted by Gasteiger charge is 2.45. The summed E-state index contributed by atoms with van der Waals surface area (Å²) in [6.45, 7) is 0.531. The predicted octanol–water partition coefficient (Wildman–Crippen LogP) is 2.51. The number of anilines is 1. The average Bonchev–Trinajstić information content (AvgIpc) is 3.54. The lowest BCUT2D eigenvalue weighted by Gasteiger charge is -2.42. The van der Waals surface area contributed by atoms with E-state index < -0.39 is 24.5 Å². The van der Waals surface area contributed by atoms with E-state index in [0.717, 1.165) is 48.5 Å². The second-order valence-corrected chi connectivity index (χ2v) is 11.7. The predicted molar refractivity (Wildman–Crippen MR) is 146 cm³/mol. The summed E-state index contributed by atoms with van der Waals surface area (Å²) < 4.78 is 7.75. The summed E-state index contributed by atoms with van der Waals surface area (Å²) in [4.78, 5) is 23.1. The van der Waals surface area contributed by atoms with Gasteiger partial charge >= 0.3 is 0 Å². The van der Waals surface area contributed by atoms with Crippen molar-refractivity contribution in [2.45, 2.75) is 81.4 Å². The molecule has 1 aromatic carbocycles. The van der Waals surface area contributed by atoms with E-state index in [2.05, 4.69) is 50.1 Å². The summed E-state index contributed by atoms with van der Waals surface area (Å²) in [6, 6.07) is 7.15. The number of hydrogen-bond donors (Lipinski definition) is 4. The summed E-state index contributed by atoms with van der Waals surface area (Å²) in [5.74, 6) is 2.73. The number of nitrogen functional groups attached to an aromatic ring is 1. The number of benzene rings is 1. The van der Waals surface area contributed by atoms with Crippen LogP contribution in [0.15, 0.2) is 30.9 Å². The number of imidazole rings is 2. The Kier molecular flexibility index (Phi) is 6.26. The van der Waals surface area contributed by atoms with Gasteiger partial charge in [-0.1, -0.05) is 12.5 Å². The molecule has 0 radical (unpaired) electrons. The molecular formula is C28H36N8O3. The van der Waals surface area contributed by atoms with Gasteiger partial charge in [0, 0.05) is 19.0 Å². The van der Waals surface area contributed by atoms with Crippen molar-refractivity contribution in [2.24, 2.45) is 5.92 Å². The van der Waals surface area contributed by atoms with E-state index in [-0.39, 0.29) is 5.82 Å². The number of aromatic amines is 1. The molecule has 7 rings (SSSR count). The topological polar surface area (TPSA) is 151 Å². The van der Waals surface area contributed by atoms with E-state index in [0.29, 0.717) is 29.7 Å². The molecule has 2 aliphatic carbocycles. The van der Waals surface area contributed by atoms with Crippen LogP contribution in [0.25, 0.3) is 22.2 Å². The molecule has 3 fully saturated rings. The number of likely N-dealkylation sites (N-methyl/N-ethyl adjacent to an activating group) is 1. The Balaban J connectivity index is 0.915. The standard InChI is InChI=1S/C28H36N8O3/c1-35(12-21-24(37)25(38)28(39-21)36-14-32-23-26(29)30-13-31-27(23)36)18-9-15(10-18)5-8-22-33-19-7-6-17(11-20(19)34-22)16-3-2-4-16/h6-7,11,13-16,18,21,24-25,28,37-38H,2-5,8-10,12H2,1H3,(H,33,34)(H2,29,30,31)/t15?,18?,21-,24+,25+,28-/m1/s1. The zero-order chi connectivity index (χ0) is 26.7. The molecule has 3 aliphatic rings. The molecule has 39 heavy (non-hydrogen) atoms. The molecule has 0 spiro atoms. The van der Waals surface area contributed by atoms with Crippen LogP contribution in [-0.2, 0) is 11.2 Å². The molecule has 2 saturated carbocycles. The van der Waals surface area contributed by atoms with Crippen molar-refractivity contribution in [2.75, 3.05) is 19.3 Å². The number of aromatic nitrogens is 6. The van der Waals surface area contributed by atoms with Gasteiger partial charge in [0.1, 0.15) is 36.0 Å². The molecule has 5 N–H and O–H groups in total. The Labute approximate surface area is 226 Å². The molecule has 4 aromatic rings. The Morgan fingerprint density at radius 1 is 1.15 bits per heavy atom. The van der Waals surface area contributed by atoms with Crippen LogP contribution in [0, 0.1) is 5.92 Å². The maximum atomic E-state index is 10.8. The lowest BCUT2D eigenvalue weighted by atomic mass is 9.76. The fraction of sp³-hybridized carbons (Fsp3) is 0.571. The van der Waals surface area contributed by atoms with Crippen molar-refractivity contribution in [1.82, 2.24) is 34.4 Å². The Hall–Kier alpha value is -3.12. The number of fused-ring (bicyclic) bond motifs is 2. The summed E-state index contributed by atoms with van der Waals surface area (Å²) >= 11 is 0. The first-order valence-corrected chi connectivity index (χ1v) is 14.1. The van der Waals surface area contributed by atoms with Crippen molar-refractivity contribution in [3.05, 3.63) is 42.2 Å². The summed E-state index contributed by atoms with van der Waals surface area (Å²) in [7, 11) is 2.07. The summed E-state index contributed by atoms with van der Waals surface area (Å²) in [5.41, 5.74) is 10.5. The molecule has 1 saturated heterocycles. The number of nitrogens with one attached hydrogen (secondary N) is 1. The quantitative estimate of drug-likeness (QED) is 0.268. The lowest BCUT2D eigenvalue weighted by Crippen LogP contribution is -2.47. The third-order valence-electron chi connectivity index (χ3n) is 9.22. The number of aryl methyl sites for hydroxylation is 1. The van der Waals surface area contributed by atoms with Gasteiger partial charge in [-0.3, -0.25) is 4.57 Å². The molecule has 0 bridgehead atoms. The van der Waals surface area contributed by atoms with Gasteiger partial charge in [-0.25, -0.2) is 19.9 Å². The molecule has 4 atom stereocenters. The summed E-state index contributed by atoms with van der Waals surface area (Å²) in [6.07, 6.45) is 7.70. The van der Waals surface area contributed by atoms with Crippen molar-refractivity contribution < 1.29 is 14.9 Å². The zero-order valence-electron chi connectivity index (χ0n) is 22.1. The number of aliphatic hydroxyl groups is 2. The number of rotatable bonds is 8. The fourth-order valence-electron chi connectivity index (χ4n) is 6.43. The number of aliphatic hydroxyl groups excluding tert-OH is 2. The summed E-state index contributed by atoms with van der Waals surface area (Å²) in [5, 5.41) is 21.5. The molecule has 0 amide bonds. The number of ether oxygens (including phenoxy) is 1. The molecule has 4 heterocycles. The number of nitrogens with zero attached hydrogens (tertiary/aromatic N) is 6. The minimum absolute atomic E-state index is 0.265. The van der Waals surface area contributed by atoms with Crippen molar-refractivity contribution in [1.29, 1.82) is 0 Å². The first-order valence-electron chi connectivity index (χ1n) is 14.1. The SMILES string of the molecule is CN(C[C@H]1O[C@@H](n2cnc3c(N)ncnc32)[C@@H](O)[C@H]1O)C1CC(CCc2nc3cc(C4CCC4)ccc3[nH]2)C1. The van der Waals surface area contributed by atoms with Crippen LogP contribution in [0.4, 0.5) is 5.82 Å². The first kappa shape index (κ1) is 24.9. The van der Waals surface area contributed by atoms with Crippen LogP contribution < -0.4 is 5.73 Å². The van der Waals surface area contributed by atoms with Gasteiger partial charge in [0.15, 0.2) is 17.7 Å². The van der Waals surface area contributed by atoms with E-state index >= 15 is 0 Å². The molecule has 206 valence electrons. The third-order valence-corrected chi connectivity index (χ3v) is 9.22. The molecule has 11 nitrogen and oxygen atoms in total. The maximum absolute atomic E-state index is 10.8. The van der Waals surface area contributed by atoms with Crippen LogP contribution in [0.5, 0.6) is 0 Å². The Bertz CT molecular complexity index is 1480. The molecule has 0 unspecified atom stereocenters. The molecule has 1 aliphatic heterocycles. The number of H-pyrrole nitrogens is 1. The van der Waals surface area contributed by atoms with E-state index in [1.54, 1.807) is 4.57 Å². The van der Waals surface area contributed by atoms with E-state index in [1.165, 1.54) is 37.5 Å². The van der Waals surface area contributed by atoms with Gasteiger partial charge < -0.3 is 30.6 Å².